The Hall–Kier alpha value is -1.85. The molecular weight excluding hydrogens is 168 g/mol. The first-order valence-electron chi connectivity index (χ1n) is 3.86. The highest BCUT2D eigenvalue weighted by atomic mass is 15.5. The lowest BCUT2D eigenvalue weighted by Crippen LogP contribution is -2.07. The molecule has 0 aliphatic rings. The molecule has 0 unspecified atom stereocenters. The van der Waals surface area contributed by atoms with E-state index in [9.17, 15) is 0 Å². The van der Waals surface area contributed by atoms with Crippen LogP contribution in [0, 0.1) is 0 Å². The van der Waals surface area contributed by atoms with Crippen LogP contribution in [0.1, 0.15) is 5.69 Å². The highest BCUT2D eigenvalue weighted by Crippen LogP contribution is 1.99. The van der Waals surface area contributed by atoms with Crippen LogP contribution in [-0.4, -0.2) is 24.5 Å². The predicted molar refractivity (Wildman–Crippen MR) is 46.7 cm³/mol. The number of aromatic nitrogens is 5. The van der Waals surface area contributed by atoms with Crippen LogP contribution in [0.2, 0.25) is 0 Å². The van der Waals surface area contributed by atoms with Crippen molar-refractivity contribution in [3.63, 3.8) is 0 Å². The maximum absolute atomic E-state index is 5.43. The summed E-state index contributed by atoms with van der Waals surface area (Å²) in [4.78, 5) is 5.52. The van der Waals surface area contributed by atoms with Gasteiger partial charge in [0, 0.05) is 7.05 Å². The molecule has 2 heterocycles. The first-order chi connectivity index (χ1) is 6.25. The Morgan fingerprint density at radius 2 is 2.31 bits per heavy atom. The minimum atomic E-state index is 0.433. The second-order valence-corrected chi connectivity index (χ2v) is 2.80. The number of anilines is 1. The average Bonchev–Trinajstić information content (AvgIpc) is 2.64. The third-order valence-electron chi connectivity index (χ3n) is 1.77. The smallest absolute Gasteiger partial charge is 0.165 e. The van der Waals surface area contributed by atoms with Gasteiger partial charge in [0.2, 0.25) is 0 Å². The van der Waals surface area contributed by atoms with Gasteiger partial charge in [0.25, 0.3) is 0 Å². The SMILES string of the molecule is Cn1cncc1Cn1ncc(N)n1. The number of hydrogen-bond donors (Lipinski definition) is 1. The first-order valence-corrected chi connectivity index (χ1v) is 3.86. The molecular formula is C7H10N6. The molecule has 2 rings (SSSR count). The van der Waals surface area contributed by atoms with Crippen molar-refractivity contribution in [2.45, 2.75) is 6.54 Å². The van der Waals surface area contributed by atoms with E-state index in [-0.39, 0.29) is 0 Å². The quantitative estimate of drug-likeness (QED) is 0.681. The van der Waals surface area contributed by atoms with Crippen molar-refractivity contribution in [2.75, 3.05) is 5.73 Å². The fraction of sp³-hybridized carbons (Fsp3) is 0.286. The van der Waals surface area contributed by atoms with Crippen molar-refractivity contribution >= 4 is 5.82 Å². The lowest BCUT2D eigenvalue weighted by molar-refractivity contribution is 0.570. The van der Waals surface area contributed by atoms with Crippen LogP contribution in [0.3, 0.4) is 0 Å². The summed E-state index contributed by atoms with van der Waals surface area (Å²) in [6.45, 7) is 0.591. The predicted octanol–water partition coefficient (Wildman–Crippen LogP) is -0.358. The molecule has 0 aliphatic heterocycles. The second-order valence-electron chi connectivity index (χ2n) is 2.80. The lowest BCUT2D eigenvalue weighted by Gasteiger charge is -1.99. The van der Waals surface area contributed by atoms with Gasteiger partial charge in [-0.25, -0.2) is 4.98 Å². The van der Waals surface area contributed by atoms with Gasteiger partial charge in [-0.05, 0) is 0 Å². The molecule has 0 spiro atoms. The standard InChI is InChI=1S/C7H10N6/c1-12-5-9-2-6(12)4-13-10-3-7(8)11-13/h2-3,5H,4H2,1H3,(H2,8,11). The number of nitrogen functional groups attached to an aromatic ring is 1. The van der Waals surface area contributed by atoms with Crippen LogP contribution in [0.25, 0.3) is 0 Å². The van der Waals surface area contributed by atoms with Gasteiger partial charge in [-0.2, -0.15) is 9.90 Å². The maximum Gasteiger partial charge on any atom is 0.165 e. The fourth-order valence-corrected chi connectivity index (χ4v) is 1.07. The third kappa shape index (κ3) is 1.51. The summed E-state index contributed by atoms with van der Waals surface area (Å²) < 4.78 is 1.92. The molecule has 0 aliphatic carbocycles. The summed E-state index contributed by atoms with van der Waals surface area (Å²) >= 11 is 0. The minimum Gasteiger partial charge on any atom is -0.381 e. The number of nitrogens with two attached hydrogens (primary N) is 1. The van der Waals surface area contributed by atoms with Gasteiger partial charge in [0.05, 0.1) is 24.4 Å². The van der Waals surface area contributed by atoms with Crippen LogP contribution < -0.4 is 5.73 Å². The van der Waals surface area contributed by atoms with E-state index < -0.39 is 0 Å². The zero-order chi connectivity index (χ0) is 9.26. The van der Waals surface area contributed by atoms with Crippen molar-refractivity contribution in [2.24, 2.45) is 7.05 Å². The zero-order valence-corrected chi connectivity index (χ0v) is 7.25. The lowest BCUT2D eigenvalue weighted by atomic mass is 10.5. The highest BCUT2D eigenvalue weighted by molar-refractivity contribution is 5.19. The van der Waals surface area contributed by atoms with E-state index in [1.165, 1.54) is 11.0 Å². The van der Waals surface area contributed by atoms with Gasteiger partial charge in [-0.3, -0.25) is 0 Å². The minimum absolute atomic E-state index is 0.433. The summed E-state index contributed by atoms with van der Waals surface area (Å²) in [6.07, 6.45) is 5.04. The molecule has 0 amide bonds. The number of aryl methyl sites for hydroxylation is 1. The molecule has 0 saturated carbocycles. The highest BCUT2D eigenvalue weighted by Gasteiger charge is 2.01. The molecule has 0 saturated heterocycles. The van der Waals surface area contributed by atoms with E-state index in [4.69, 9.17) is 5.73 Å². The largest absolute Gasteiger partial charge is 0.381 e. The van der Waals surface area contributed by atoms with Crippen LogP contribution in [0.15, 0.2) is 18.7 Å². The summed E-state index contributed by atoms with van der Waals surface area (Å²) in [5, 5.41) is 7.94. The molecule has 2 aromatic rings. The van der Waals surface area contributed by atoms with Gasteiger partial charge in [0.1, 0.15) is 6.54 Å². The van der Waals surface area contributed by atoms with E-state index in [0.29, 0.717) is 12.4 Å². The third-order valence-corrected chi connectivity index (χ3v) is 1.77. The number of rotatable bonds is 2. The van der Waals surface area contributed by atoms with Crippen molar-refractivity contribution in [1.82, 2.24) is 24.5 Å². The average molecular weight is 178 g/mol. The van der Waals surface area contributed by atoms with Crippen LogP contribution in [0.5, 0.6) is 0 Å². The Kier molecular flexibility index (Phi) is 1.73. The Labute approximate surface area is 75.0 Å². The maximum atomic E-state index is 5.43. The van der Waals surface area contributed by atoms with Crippen molar-refractivity contribution in [1.29, 1.82) is 0 Å². The van der Waals surface area contributed by atoms with Crippen LogP contribution >= 0.6 is 0 Å². The topological polar surface area (TPSA) is 74.5 Å². The molecule has 0 bridgehead atoms. The van der Waals surface area contributed by atoms with Gasteiger partial charge >= 0.3 is 0 Å². The Morgan fingerprint density at radius 1 is 1.46 bits per heavy atom. The second kappa shape index (κ2) is 2.89. The van der Waals surface area contributed by atoms with Gasteiger partial charge in [-0.1, -0.05) is 0 Å². The summed E-state index contributed by atoms with van der Waals surface area (Å²) in [7, 11) is 1.93. The Balaban J connectivity index is 2.19. The molecule has 6 nitrogen and oxygen atoms in total. The molecule has 13 heavy (non-hydrogen) atoms. The summed E-state index contributed by atoms with van der Waals surface area (Å²) in [5.74, 6) is 0.433. The van der Waals surface area contributed by atoms with Crippen molar-refractivity contribution in [3.8, 4) is 0 Å². The van der Waals surface area contributed by atoms with E-state index in [2.05, 4.69) is 15.2 Å². The molecule has 0 fully saturated rings. The Morgan fingerprint density at radius 3 is 2.85 bits per heavy atom. The fourth-order valence-electron chi connectivity index (χ4n) is 1.07. The molecule has 0 atom stereocenters. The van der Waals surface area contributed by atoms with E-state index >= 15 is 0 Å². The molecule has 2 N–H and O–H groups in total. The van der Waals surface area contributed by atoms with E-state index in [1.807, 2.05) is 11.6 Å². The Bertz CT molecular complexity index is 401. The first kappa shape index (κ1) is 7.78. The molecule has 0 aromatic carbocycles. The number of imidazole rings is 1. The van der Waals surface area contributed by atoms with Crippen LogP contribution in [0.4, 0.5) is 5.82 Å². The molecule has 2 aromatic heterocycles. The monoisotopic (exact) mass is 178 g/mol. The van der Waals surface area contributed by atoms with Gasteiger partial charge in [-0.15, -0.1) is 5.10 Å². The molecule has 0 radical (unpaired) electrons. The number of hydrogen-bond acceptors (Lipinski definition) is 4. The van der Waals surface area contributed by atoms with Crippen molar-refractivity contribution in [3.05, 3.63) is 24.4 Å². The molecule has 68 valence electrons. The van der Waals surface area contributed by atoms with Gasteiger partial charge < -0.3 is 10.3 Å². The normalized spacial score (nSPS) is 10.5. The molecule has 6 heteroatoms. The van der Waals surface area contributed by atoms with Crippen molar-refractivity contribution < 1.29 is 0 Å². The van der Waals surface area contributed by atoms with E-state index in [0.717, 1.165) is 5.69 Å². The zero-order valence-electron chi connectivity index (χ0n) is 7.25. The number of nitrogens with zero attached hydrogens (tertiary/aromatic N) is 5. The summed E-state index contributed by atoms with van der Waals surface area (Å²) in [6, 6.07) is 0. The van der Waals surface area contributed by atoms with Crippen LogP contribution in [-0.2, 0) is 13.6 Å². The van der Waals surface area contributed by atoms with Gasteiger partial charge in [0.15, 0.2) is 5.82 Å². The summed E-state index contributed by atoms with van der Waals surface area (Å²) in [5.41, 5.74) is 6.47. The van der Waals surface area contributed by atoms with E-state index in [1.54, 1.807) is 12.5 Å².